The number of hydrazone groups is 3. The molecule has 7 heteroatoms. The summed E-state index contributed by atoms with van der Waals surface area (Å²) in [6, 6.07) is 8.24. The Morgan fingerprint density at radius 2 is 1.89 bits per heavy atom. The molecule has 1 aromatic carbocycles. The molecule has 0 aromatic heterocycles. The highest BCUT2D eigenvalue weighted by Gasteiger charge is 2.36. The van der Waals surface area contributed by atoms with Gasteiger partial charge in [-0.2, -0.15) is 20.8 Å². The van der Waals surface area contributed by atoms with Crippen LogP contribution in [0.3, 0.4) is 0 Å². The molecule has 3 aliphatic heterocycles. The van der Waals surface area contributed by atoms with Crippen molar-refractivity contribution in [1.82, 2.24) is 15.4 Å². The third kappa shape index (κ3) is 2.97. The summed E-state index contributed by atoms with van der Waals surface area (Å²) in [6.07, 6.45) is 4.45. The number of hydrogen-bond acceptors (Lipinski definition) is 7. The highest BCUT2D eigenvalue weighted by Crippen LogP contribution is 2.31. The summed E-state index contributed by atoms with van der Waals surface area (Å²) in [5.74, 6) is 1.87. The number of amidine groups is 1. The van der Waals surface area contributed by atoms with Crippen LogP contribution in [0.1, 0.15) is 31.2 Å². The maximum atomic E-state index is 5.28. The van der Waals surface area contributed by atoms with Gasteiger partial charge >= 0.3 is 0 Å². The zero-order valence-electron chi connectivity index (χ0n) is 15.6. The van der Waals surface area contributed by atoms with Gasteiger partial charge in [0.15, 0.2) is 5.84 Å². The third-order valence-corrected chi connectivity index (χ3v) is 5.64. The van der Waals surface area contributed by atoms with Gasteiger partial charge in [-0.05, 0) is 49.0 Å². The second kappa shape index (κ2) is 6.72. The van der Waals surface area contributed by atoms with E-state index < -0.39 is 0 Å². The van der Waals surface area contributed by atoms with E-state index in [1.54, 1.807) is 7.11 Å². The van der Waals surface area contributed by atoms with Gasteiger partial charge in [-0.3, -0.25) is 5.01 Å². The molecule has 0 amide bonds. The molecule has 0 bridgehead atoms. The first kappa shape index (κ1) is 16.4. The van der Waals surface area contributed by atoms with Crippen LogP contribution in [0.5, 0.6) is 5.75 Å². The average Bonchev–Trinajstić information content (AvgIpc) is 3.34. The van der Waals surface area contributed by atoms with E-state index in [0.29, 0.717) is 0 Å². The van der Waals surface area contributed by atoms with Crippen LogP contribution >= 0.6 is 0 Å². The van der Waals surface area contributed by atoms with Crippen LogP contribution in [-0.2, 0) is 6.54 Å². The van der Waals surface area contributed by atoms with Crippen molar-refractivity contribution in [1.29, 1.82) is 0 Å². The van der Waals surface area contributed by atoms with E-state index in [4.69, 9.17) is 9.84 Å². The van der Waals surface area contributed by atoms with Crippen LogP contribution in [0.25, 0.3) is 0 Å². The molecule has 0 atom stereocenters. The van der Waals surface area contributed by atoms with Gasteiger partial charge in [0.05, 0.1) is 25.9 Å². The first-order valence-corrected chi connectivity index (χ1v) is 9.65. The molecule has 0 unspecified atom stereocenters. The fourth-order valence-electron chi connectivity index (χ4n) is 4.26. The summed E-state index contributed by atoms with van der Waals surface area (Å²) in [5.41, 5.74) is 8.84. The van der Waals surface area contributed by atoms with E-state index in [1.165, 1.54) is 29.6 Å². The minimum Gasteiger partial charge on any atom is -0.497 e. The van der Waals surface area contributed by atoms with Crippen LogP contribution < -0.4 is 10.3 Å². The van der Waals surface area contributed by atoms with E-state index in [1.807, 2.05) is 12.1 Å². The molecule has 1 aliphatic carbocycles. The van der Waals surface area contributed by atoms with E-state index in [0.717, 1.165) is 62.0 Å². The lowest BCUT2D eigenvalue weighted by molar-refractivity contribution is 0.297. The minimum atomic E-state index is 0.769. The van der Waals surface area contributed by atoms with Crippen LogP contribution in [0.15, 0.2) is 50.7 Å². The quantitative estimate of drug-likeness (QED) is 0.894. The van der Waals surface area contributed by atoms with Crippen LogP contribution in [0, 0.1) is 0 Å². The summed E-state index contributed by atoms with van der Waals surface area (Å²) in [4.78, 5) is 2.37. The molecule has 0 saturated carbocycles. The number of nitrogens with one attached hydrogen (secondary N) is 1. The van der Waals surface area contributed by atoms with Crippen molar-refractivity contribution in [2.45, 2.75) is 32.2 Å². The predicted octanol–water partition coefficient (Wildman–Crippen LogP) is 2.33. The van der Waals surface area contributed by atoms with Crippen molar-refractivity contribution < 1.29 is 4.74 Å². The van der Waals surface area contributed by atoms with Gasteiger partial charge in [0.1, 0.15) is 11.5 Å². The lowest BCUT2D eigenvalue weighted by Gasteiger charge is -2.25. The van der Waals surface area contributed by atoms with Crippen molar-refractivity contribution >= 4 is 17.3 Å². The zero-order chi connectivity index (χ0) is 18.2. The van der Waals surface area contributed by atoms with Gasteiger partial charge in [0.2, 0.25) is 0 Å². The second-order valence-electron chi connectivity index (χ2n) is 7.39. The maximum absolute atomic E-state index is 5.28. The van der Waals surface area contributed by atoms with E-state index >= 15 is 0 Å². The SMILES string of the molecule is COc1ccc(CN2CC3=C4C(=NNN=C4C(N4CCCC4)=N2)CC3)cc1. The highest BCUT2D eigenvalue weighted by molar-refractivity contribution is 6.54. The van der Waals surface area contributed by atoms with Gasteiger partial charge in [-0.25, -0.2) is 0 Å². The first-order chi connectivity index (χ1) is 13.3. The third-order valence-electron chi connectivity index (χ3n) is 5.64. The number of rotatable bonds is 3. The van der Waals surface area contributed by atoms with Crippen molar-refractivity contribution in [3.63, 3.8) is 0 Å². The van der Waals surface area contributed by atoms with Gasteiger partial charge < -0.3 is 9.64 Å². The molecule has 27 heavy (non-hydrogen) atoms. The molecule has 7 nitrogen and oxygen atoms in total. The largest absolute Gasteiger partial charge is 0.497 e. The zero-order valence-corrected chi connectivity index (χ0v) is 15.6. The summed E-state index contributed by atoms with van der Waals surface area (Å²) >= 11 is 0. The first-order valence-electron chi connectivity index (χ1n) is 9.65. The fraction of sp³-hybridized carbons (Fsp3) is 0.450. The number of hydrogen-bond donors (Lipinski definition) is 1. The van der Waals surface area contributed by atoms with Crippen molar-refractivity contribution in [2.75, 3.05) is 26.7 Å². The standard InChI is InChI=1S/C20H24N6O/c1-27-16-7-4-14(5-8-16)12-26-13-15-6-9-17-18(15)19(22-24-21-17)20(23-26)25-10-2-3-11-25/h4-5,7-8,24H,2-3,6,9-13H2,1H3. The van der Waals surface area contributed by atoms with Gasteiger partial charge in [-0.1, -0.05) is 12.1 Å². The molecule has 1 fully saturated rings. The number of methoxy groups -OCH3 is 1. The molecule has 0 spiro atoms. The maximum Gasteiger partial charge on any atom is 0.177 e. The smallest absolute Gasteiger partial charge is 0.177 e. The Labute approximate surface area is 159 Å². The molecular formula is C20H24N6O. The number of ether oxygens (including phenoxy) is 1. The molecule has 1 saturated heterocycles. The molecular weight excluding hydrogens is 340 g/mol. The van der Waals surface area contributed by atoms with Crippen molar-refractivity contribution in [3.8, 4) is 5.75 Å². The molecule has 4 aliphatic rings. The van der Waals surface area contributed by atoms with Gasteiger partial charge in [0.25, 0.3) is 0 Å². The Bertz CT molecular complexity index is 861. The molecule has 0 radical (unpaired) electrons. The monoisotopic (exact) mass is 364 g/mol. The lowest BCUT2D eigenvalue weighted by atomic mass is 10.0. The van der Waals surface area contributed by atoms with E-state index in [9.17, 15) is 0 Å². The van der Waals surface area contributed by atoms with E-state index in [2.05, 4.69) is 37.8 Å². The number of nitrogens with zero attached hydrogens (tertiary/aromatic N) is 5. The normalized spacial score (nSPS) is 21.3. The molecule has 1 N–H and O–H groups in total. The Morgan fingerprint density at radius 3 is 2.67 bits per heavy atom. The predicted molar refractivity (Wildman–Crippen MR) is 106 cm³/mol. The summed E-state index contributed by atoms with van der Waals surface area (Å²) in [5, 5.41) is 16.2. The van der Waals surface area contributed by atoms with Gasteiger partial charge in [-0.15, -0.1) is 0 Å². The van der Waals surface area contributed by atoms with Crippen LogP contribution in [0.4, 0.5) is 0 Å². The number of benzene rings is 1. The summed E-state index contributed by atoms with van der Waals surface area (Å²) in [7, 11) is 1.69. The Hall–Kier alpha value is -2.83. The number of likely N-dealkylation sites (tertiary alicyclic amines) is 1. The van der Waals surface area contributed by atoms with Crippen molar-refractivity contribution in [2.24, 2.45) is 15.3 Å². The van der Waals surface area contributed by atoms with Gasteiger partial charge in [0, 0.05) is 18.7 Å². The summed E-state index contributed by atoms with van der Waals surface area (Å²) < 4.78 is 5.28. The van der Waals surface area contributed by atoms with Crippen molar-refractivity contribution in [3.05, 3.63) is 41.0 Å². The molecule has 5 rings (SSSR count). The Balaban J connectivity index is 1.50. The van der Waals surface area contributed by atoms with Crippen LogP contribution in [0.2, 0.25) is 0 Å². The molecule has 3 heterocycles. The molecule has 1 aromatic rings. The minimum absolute atomic E-state index is 0.769. The Kier molecular flexibility index (Phi) is 4.07. The topological polar surface area (TPSA) is 64.8 Å². The highest BCUT2D eigenvalue weighted by atomic mass is 16.5. The average molecular weight is 364 g/mol. The summed E-state index contributed by atoms with van der Waals surface area (Å²) in [6.45, 7) is 3.69. The van der Waals surface area contributed by atoms with Crippen LogP contribution in [-0.4, -0.2) is 53.9 Å². The van der Waals surface area contributed by atoms with E-state index in [-0.39, 0.29) is 0 Å². The second-order valence-corrected chi connectivity index (χ2v) is 7.39. The molecule has 140 valence electrons. The fourth-order valence-corrected chi connectivity index (χ4v) is 4.26. The Morgan fingerprint density at radius 1 is 1.07 bits per heavy atom. The lowest BCUT2D eigenvalue weighted by Crippen LogP contribution is -2.39.